The summed E-state index contributed by atoms with van der Waals surface area (Å²) in [5.74, 6) is 2.62. The molecule has 1 aliphatic heterocycles. The van der Waals surface area contributed by atoms with Crippen molar-refractivity contribution >= 4 is 0 Å². The van der Waals surface area contributed by atoms with Crippen molar-refractivity contribution in [1.82, 2.24) is 20.1 Å². The number of benzene rings is 1. The summed E-state index contributed by atoms with van der Waals surface area (Å²) in [5.41, 5.74) is 1.08. The molecule has 0 radical (unpaired) electrons. The maximum Gasteiger partial charge on any atom is 0.153 e. The first-order valence-corrected chi connectivity index (χ1v) is 8.04. The van der Waals surface area contributed by atoms with E-state index in [1.165, 1.54) is 0 Å². The van der Waals surface area contributed by atoms with Gasteiger partial charge in [0, 0.05) is 18.5 Å². The summed E-state index contributed by atoms with van der Waals surface area (Å²) >= 11 is 0. The predicted molar refractivity (Wildman–Crippen MR) is 85.7 cm³/mol. The molecule has 0 saturated heterocycles. The van der Waals surface area contributed by atoms with Gasteiger partial charge < -0.3 is 10.4 Å². The molecule has 0 unspecified atom stereocenters. The van der Waals surface area contributed by atoms with Crippen LogP contribution in [0.4, 0.5) is 0 Å². The summed E-state index contributed by atoms with van der Waals surface area (Å²) in [6.45, 7) is 7.32. The van der Waals surface area contributed by atoms with Gasteiger partial charge in [-0.2, -0.15) is 5.10 Å². The third-order valence-electron chi connectivity index (χ3n) is 4.23. The minimum absolute atomic E-state index is 0.155. The Bertz CT molecular complexity index is 650. The molecule has 5 nitrogen and oxygen atoms in total. The lowest BCUT2D eigenvalue weighted by Gasteiger charge is -2.26. The van der Waals surface area contributed by atoms with Gasteiger partial charge in [0.1, 0.15) is 11.6 Å². The second kappa shape index (κ2) is 6.08. The van der Waals surface area contributed by atoms with Crippen LogP contribution in [0.15, 0.2) is 24.3 Å². The number of fused-ring (bicyclic) bond motifs is 1. The van der Waals surface area contributed by atoms with E-state index in [1.807, 2.05) is 22.9 Å². The van der Waals surface area contributed by atoms with Crippen LogP contribution in [-0.4, -0.2) is 19.9 Å². The molecule has 1 aliphatic rings. The Morgan fingerprint density at radius 2 is 2.14 bits per heavy atom. The average Bonchev–Trinajstić information content (AvgIpc) is 2.92. The average molecular weight is 300 g/mol. The van der Waals surface area contributed by atoms with Crippen molar-refractivity contribution in [2.24, 2.45) is 0 Å². The number of nitrogens with one attached hydrogen (secondary N) is 1. The first-order chi connectivity index (χ1) is 10.5. The molecule has 2 heterocycles. The maximum atomic E-state index is 9.64. The highest BCUT2D eigenvalue weighted by Gasteiger charge is 2.26. The Balaban J connectivity index is 1.79. The summed E-state index contributed by atoms with van der Waals surface area (Å²) in [4.78, 5) is 4.74. The molecule has 0 fully saturated rings. The molecule has 0 amide bonds. The number of nitrogens with zero attached hydrogens (tertiary/aromatic N) is 3. The van der Waals surface area contributed by atoms with Crippen molar-refractivity contribution in [3.63, 3.8) is 0 Å². The van der Waals surface area contributed by atoms with Gasteiger partial charge >= 0.3 is 0 Å². The van der Waals surface area contributed by atoms with Crippen LogP contribution < -0.4 is 5.32 Å². The highest BCUT2D eigenvalue weighted by molar-refractivity contribution is 5.29. The normalized spacial score (nSPS) is 19.2. The first-order valence-electron chi connectivity index (χ1n) is 8.04. The Morgan fingerprint density at radius 1 is 1.32 bits per heavy atom. The molecular weight excluding hydrogens is 276 g/mol. The van der Waals surface area contributed by atoms with Crippen LogP contribution >= 0.6 is 0 Å². The molecule has 22 heavy (non-hydrogen) atoms. The van der Waals surface area contributed by atoms with Gasteiger partial charge in [0.25, 0.3) is 0 Å². The van der Waals surface area contributed by atoms with Gasteiger partial charge in [0.2, 0.25) is 0 Å². The fraction of sp³-hybridized carbons (Fsp3) is 0.529. The maximum absolute atomic E-state index is 9.64. The van der Waals surface area contributed by atoms with E-state index in [1.54, 1.807) is 6.07 Å². The highest BCUT2D eigenvalue weighted by atomic mass is 16.3. The monoisotopic (exact) mass is 300 g/mol. The SMILES string of the molecule is CC(C)c1nc2n(n1)CCC[C@@H]2N[C@H](C)c1cccc(O)c1. The molecule has 2 atom stereocenters. The third-order valence-corrected chi connectivity index (χ3v) is 4.23. The minimum Gasteiger partial charge on any atom is -0.508 e. The van der Waals surface area contributed by atoms with Crippen LogP contribution in [0.2, 0.25) is 0 Å². The lowest BCUT2D eigenvalue weighted by Crippen LogP contribution is -2.30. The quantitative estimate of drug-likeness (QED) is 0.909. The molecule has 2 aromatic rings. The summed E-state index contributed by atoms with van der Waals surface area (Å²) in [6.07, 6.45) is 2.18. The fourth-order valence-corrected chi connectivity index (χ4v) is 2.96. The third kappa shape index (κ3) is 2.99. The fourth-order valence-electron chi connectivity index (χ4n) is 2.96. The number of phenolic OH excluding ortho intramolecular Hbond substituents is 1. The Kier molecular flexibility index (Phi) is 4.16. The molecule has 0 spiro atoms. The summed E-state index contributed by atoms with van der Waals surface area (Å²) < 4.78 is 2.05. The summed E-state index contributed by atoms with van der Waals surface area (Å²) in [7, 11) is 0. The van der Waals surface area contributed by atoms with E-state index in [0.29, 0.717) is 11.7 Å². The zero-order chi connectivity index (χ0) is 15.7. The lowest BCUT2D eigenvalue weighted by atomic mass is 10.0. The smallest absolute Gasteiger partial charge is 0.153 e. The second-order valence-corrected chi connectivity index (χ2v) is 6.38. The lowest BCUT2D eigenvalue weighted by molar-refractivity contribution is 0.343. The van der Waals surface area contributed by atoms with Crippen LogP contribution in [0.3, 0.4) is 0 Å². The number of aromatic hydroxyl groups is 1. The highest BCUT2D eigenvalue weighted by Crippen LogP contribution is 2.28. The number of phenols is 1. The van der Waals surface area contributed by atoms with Gasteiger partial charge in [-0.15, -0.1) is 0 Å². The van der Waals surface area contributed by atoms with Crippen LogP contribution in [-0.2, 0) is 6.54 Å². The largest absolute Gasteiger partial charge is 0.508 e. The van der Waals surface area contributed by atoms with Crippen LogP contribution in [0, 0.1) is 0 Å². The second-order valence-electron chi connectivity index (χ2n) is 6.38. The van der Waals surface area contributed by atoms with Crippen molar-refractivity contribution < 1.29 is 5.11 Å². The van der Waals surface area contributed by atoms with Crippen molar-refractivity contribution in [2.75, 3.05) is 0 Å². The van der Waals surface area contributed by atoms with E-state index < -0.39 is 0 Å². The molecule has 2 N–H and O–H groups in total. The molecule has 0 saturated carbocycles. The number of aryl methyl sites for hydroxylation is 1. The van der Waals surface area contributed by atoms with E-state index in [4.69, 9.17) is 4.98 Å². The number of hydrogen-bond donors (Lipinski definition) is 2. The number of rotatable bonds is 4. The number of hydrogen-bond acceptors (Lipinski definition) is 4. The topological polar surface area (TPSA) is 63.0 Å². The number of aromatic nitrogens is 3. The van der Waals surface area contributed by atoms with E-state index in [2.05, 4.69) is 31.2 Å². The van der Waals surface area contributed by atoms with E-state index in [-0.39, 0.29) is 12.1 Å². The van der Waals surface area contributed by atoms with Gasteiger partial charge in [-0.25, -0.2) is 9.67 Å². The molecule has 3 rings (SSSR count). The van der Waals surface area contributed by atoms with Crippen LogP contribution in [0.25, 0.3) is 0 Å². The van der Waals surface area contributed by atoms with Gasteiger partial charge in [0.05, 0.1) is 6.04 Å². The van der Waals surface area contributed by atoms with Crippen molar-refractivity contribution in [3.05, 3.63) is 41.5 Å². The van der Waals surface area contributed by atoms with Gasteiger partial charge in [0.15, 0.2) is 5.82 Å². The zero-order valence-corrected chi connectivity index (χ0v) is 13.5. The molecule has 0 bridgehead atoms. The molecular formula is C17H24N4O. The molecule has 0 aliphatic carbocycles. The standard InChI is InChI=1S/C17H24N4O/c1-11(2)16-19-17-15(8-5-9-21(17)20-16)18-12(3)13-6-4-7-14(22)10-13/h4,6-7,10-12,15,18,22H,5,8-9H2,1-3H3/t12-,15+/m1/s1. The minimum atomic E-state index is 0.155. The van der Waals surface area contributed by atoms with Gasteiger partial charge in [-0.3, -0.25) is 0 Å². The van der Waals surface area contributed by atoms with E-state index >= 15 is 0 Å². The Hall–Kier alpha value is -1.88. The van der Waals surface area contributed by atoms with Crippen molar-refractivity contribution in [2.45, 2.75) is 58.2 Å². The van der Waals surface area contributed by atoms with Crippen LogP contribution in [0.1, 0.15) is 68.8 Å². The Morgan fingerprint density at radius 3 is 2.86 bits per heavy atom. The Labute approximate surface area is 131 Å². The first kappa shape index (κ1) is 15.0. The van der Waals surface area contributed by atoms with E-state index in [0.717, 1.165) is 36.6 Å². The van der Waals surface area contributed by atoms with Crippen molar-refractivity contribution in [1.29, 1.82) is 0 Å². The summed E-state index contributed by atoms with van der Waals surface area (Å²) in [6, 6.07) is 7.79. The van der Waals surface area contributed by atoms with E-state index in [9.17, 15) is 5.11 Å². The molecule has 1 aromatic carbocycles. The summed E-state index contributed by atoms with van der Waals surface area (Å²) in [5, 5.41) is 17.9. The molecule has 1 aromatic heterocycles. The molecule has 5 heteroatoms. The van der Waals surface area contributed by atoms with Gasteiger partial charge in [-0.05, 0) is 37.5 Å². The molecule has 118 valence electrons. The zero-order valence-electron chi connectivity index (χ0n) is 13.5. The van der Waals surface area contributed by atoms with Crippen molar-refractivity contribution in [3.8, 4) is 5.75 Å². The van der Waals surface area contributed by atoms with Gasteiger partial charge in [-0.1, -0.05) is 26.0 Å². The predicted octanol–water partition coefficient (Wildman–Crippen LogP) is 3.29. The van der Waals surface area contributed by atoms with Crippen LogP contribution in [0.5, 0.6) is 5.75 Å².